The zero-order chi connectivity index (χ0) is 93.1. The minimum absolute atomic E-state index is 1.13. The van der Waals surface area contributed by atoms with E-state index in [1.165, 1.54) is 261 Å². The Morgan fingerprint density at radius 1 is 0.0986 bits per heavy atom. The maximum Gasteiger partial charge on any atom is 0.0535 e. The summed E-state index contributed by atoms with van der Waals surface area (Å²) in [6, 6.07) is 194. The largest absolute Gasteiger partial charge is 0.309 e. The molecule has 656 valence electrons. The Kier molecular flexibility index (Phi) is 18.5. The lowest BCUT2D eigenvalue weighted by Crippen LogP contribution is -1.99. The van der Waals surface area contributed by atoms with Crippen LogP contribution in [0.15, 0.2) is 522 Å². The molecule has 0 atom stereocenters. The van der Waals surface area contributed by atoms with Crippen LogP contribution in [0.1, 0.15) is 0 Å². The Morgan fingerprint density at radius 2 is 0.345 bits per heavy atom. The minimum Gasteiger partial charge on any atom is -0.309 e. The first-order valence-corrected chi connectivity index (χ1v) is 49.3. The third kappa shape index (κ3) is 12.9. The number of aromatic nitrogens is 2. The van der Waals surface area contributed by atoms with Crippen LogP contribution in [-0.2, 0) is 0 Å². The second-order valence-electron chi connectivity index (χ2n) is 38.3. The van der Waals surface area contributed by atoms with Crippen molar-refractivity contribution < 1.29 is 0 Å². The fraction of sp³-hybridized carbons (Fsp3) is 0. The highest BCUT2D eigenvalue weighted by Crippen LogP contribution is 2.52. The zero-order valence-corrected chi connectivity index (χ0v) is 77.5. The molecule has 0 aliphatic rings. The van der Waals surface area contributed by atoms with Gasteiger partial charge in [-0.25, -0.2) is 0 Å². The Labute approximate surface area is 820 Å². The molecule has 0 bridgehead atoms. The molecule has 0 saturated carbocycles. The number of hydrogen-bond donors (Lipinski definition) is 0. The average Bonchev–Trinajstić information content (AvgIpc) is 1.05. The van der Waals surface area contributed by atoms with Gasteiger partial charge in [-0.2, -0.15) is 0 Å². The monoisotopic (exact) mass is 1790 g/mol. The lowest BCUT2D eigenvalue weighted by atomic mass is 9.83. The van der Waals surface area contributed by atoms with E-state index in [0.29, 0.717) is 0 Å². The van der Waals surface area contributed by atoms with E-state index in [9.17, 15) is 0 Å². The van der Waals surface area contributed by atoms with Crippen LogP contribution in [0.5, 0.6) is 0 Å². The van der Waals surface area contributed by atoms with Gasteiger partial charge in [-0.1, -0.05) is 437 Å². The second kappa shape index (κ2) is 32.6. The number of rotatable bonds is 12. The molecule has 0 saturated heterocycles. The Hall–Kier alpha value is -18.6. The van der Waals surface area contributed by atoms with Crippen LogP contribution in [0.3, 0.4) is 0 Å². The molecule has 2 aromatic heterocycles. The van der Waals surface area contributed by atoms with Crippen LogP contribution in [0, 0.1) is 0 Å². The fourth-order valence-corrected chi connectivity index (χ4v) is 24.2. The van der Waals surface area contributed by atoms with Gasteiger partial charge in [0.1, 0.15) is 0 Å². The van der Waals surface area contributed by atoms with Gasteiger partial charge in [-0.05, 0) is 346 Å². The van der Waals surface area contributed by atoms with Gasteiger partial charge in [-0.15, -0.1) is 0 Å². The second-order valence-corrected chi connectivity index (χ2v) is 38.3. The van der Waals surface area contributed by atoms with Gasteiger partial charge >= 0.3 is 0 Å². The van der Waals surface area contributed by atoms with Crippen LogP contribution in [0.25, 0.3) is 296 Å². The van der Waals surface area contributed by atoms with Gasteiger partial charge < -0.3 is 9.13 Å². The molecule has 0 spiro atoms. The minimum atomic E-state index is 1.13. The number of fused-ring (bicyclic) bond motifs is 14. The van der Waals surface area contributed by atoms with Crippen molar-refractivity contribution in [3.05, 3.63) is 522 Å². The number of benzene rings is 28. The molecule has 142 heavy (non-hydrogen) atoms. The molecule has 0 amide bonds. The predicted molar refractivity (Wildman–Crippen MR) is 608 cm³/mol. The smallest absolute Gasteiger partial charge is 0.0535 e. The summed E-state index contributed by atoms with van der Waals surface area (Å²) >= 11 is 0. The molecule has 0 aliphatic carbocycles. The van der Waals surface area contributed by atoms with Crippen LogP contribution in [0.4, 0.5) is 0 Å². The SMILES string of the molecule is c1ccc(-c2ccc(-c3ccccc3)n2-c2ccc3cc4c(-c5ccc(-c6cc7ccccc7c7ccccc67)cc5)ccc(-c5ccc(-c6cc7ccccc7c7ccccc67)cc5)c4cc3c2)cc1.c1ccc(-c2ccc(-c3ccccc3)n2-c2ccc3cc4c(-c5ccc6c7cccc8cccc(c9cccc5c96)c87)ccc(-c5ccc6c7cccc8cccc(c9cccc5c96)c87)c4cc3c2)cc1. The molecular weight excluding hydrogens is 1710 g/mol. The van der Waals surface area contributed by atoms with Crippen molar-refractivity contribution in [2.45, 2.75) is 0 Å². The van der Waals surface area contributed by atoms with Crippen LogP contribution in [0.2, 0.25) is 0 Å². The van der Waals surface area contributed by atoms with Crippen molar-refractivity contribution >= 4 is 172 Å². The van der Waals surface area contributed by atoms with Crippen molar-refractivity contribution in [1.29, 1.82) is 0 Å². The van der Waals surface area contributed by atoms with Crippen molar-refractivity contribution in [2.75, 3.05) is 0 Å². The summed E-state index contributed by atoms with van der Waals surface area (Å²) < 4.78 is 4.85. The molecule has 0 unspecified atom stereocenters. The van der Waals surface area contributed by atoms with E-state index in [4.69, 9.17) is 0 Å². The molecule has 28 aromatic carbocycles. The summed E-state index contributed by atoms with van der Waals surface area (Å²) in [6.07, 6.45) is 0. The number of nitrogens with zero attached hydrogens (tertiary/aromatic N) is 2. The lowest BCUT2D eigenvalue weighted by Gasteiger charge is -2.20. The third-order valence-electron chi connectivity index (χ3n) is 30.7. The van der Waals surface area contributed by atoms with Gasteiger partial charge in [0.25, 0.3) is 0 Å². The molecule has 0 radical (unpaired) electrons. The molecule has 2 heteroatoms. The van der Waals surface area contributed by atoms with Crippen molar-refractivity contribution in [3.63, 3.8) is 0 Å². The molecule has 0 fully saturated rings. The van der Waals surface area contributed by atoms with E-state index in [1.54, 1.807) is 0 Å². The van der Waals surface area contributed by atoms with E-state index in [2.05, 4.69) is 531 Å². The van der Waals surface area contributed by atoms with E-state index >= 15 is 0 Å². The van der Waals surface area contributed by atoms with Gasteiger partial charge in [0.05, 0.1) is 22.8 Å². The van der Waals surface area contributed by atoms with Crippen LogP contribution >= 0.6 is 0 Å². The van der Waals surface area contributed by atoms with E-state index in [0.717, 1.165) is 34.2 Å². The highest BCUT2D eigenvalue weighted by Gasteiger charge is 2.26. The lowest BCUT2D eigenvalue weighted by molar-refractivity contribution is 1.10. The standard InChI is InChI=1S/C70H41N.C70H45N/c1-3-13-42(14-4-1)65-37-38-66(43-15-5-2-6-16-43)71(65)48-30-29-46-40-63-51(49-33-35-61-57-23-9-19-44-17-7-21-55(67(44)57)59-27-11-25-53(49)69(59)61)31-32-52(64(63)41-47(46)39-48)50-34-36-62-58-24-10-20-45-18-8-22-56(68(45)58)60-28-12-26-54(50)70(60)62;1-3-15-50(16-4-1)69-39-40-70(51-17-5-2-6-18-51)71(69)56-36-35-52-42-67-59(46-27-31-48(32-28-46)65-43-53-19-7-9-21-57(53)61-23-11-13-25-63(61)65)37-38-60(68(67)45-55(52)41-56)47-29-33-49(34-30-47)66-44-54-20-8-10-22-58(54)62-24-12-14-26-64(62)66/h1-41H;1-45H. The molecule has 0 N–H and O–H groups in total. The van der Waals surface area contributed by atoms with Crippen LogP contribution < -0.4 is 0 Å². The summed E-state index contributed by atoms with van der Waals surface area (Å²) in [5.41, 5.74) is 26.3. The maximum atomic E-state index is 2.48. The van der Waals surface area contributed by atoms with E-state index in [-0.39, 0.29) is 0 Å². The van der Waals surface area contributed by atoms with Crippen molar-refractivity contribution in [1.82, 2.24) is 9.13 Å². The predicted octanol–water partition coefficient (Wildman–Crippen LogP) is 39.0. The molecule has 2 nitrogen and oxygen atoms in total. The topological polar surface area (TPSA) is 9.86 Å². The summed E-state index contributed by atoms with van der Waals surface area (Å²) in [4.78, 5) is 0. The summed E-state index contributed by atoms with van der Waals surface area (Å²) in [7, 11) is 0. The molecule has 30 rings (SSSR count). The van der Waals surface area contributed by atoms with Gasteiger partial charge in [0.15, 0.2) is 0 Å². The summed E-state index contributed by atoms with van der Waals surface area (Å²) in [6.45, 7) is 0. The molecular formula is C140H86N2. The first kappa shape index (κ1) is 80.7. The fourth-order valence-electron chi connectivity index (χ4n) is 24.2. The van der Waals surface area contributed by atoms with Crippen molar-refractivity contribution in [3.8, 4) is 123 Å². The molecule has 2 heterocycles. The van der Waals surface area contributed by atoms with E-state index in [1.807, 2.05) is 0 Å². The zero-order valence-electron chi connectivity index (χ0n) is 77.5. The average molecular weight is 1800 g/mol. The third-order valence-corrected chi connectivity index (χ3v) is 30.7. The van der Waals surface area contributed by atoms with E-state index < -0.39 is 0 Å². The first-order chi connectivity index (χ1) is 70.4. The number of hydrogen-bond acceptors (Lipinski definition) is 0. The normalized spacial score (nSPS) is 11.9. The molecule has 0 aliphatic heterocycles. The first-order valence-electron chi connectivity index (χ1n) is 49.3. The van der Waals surface area contributed by atoms with Crippen molar-refractivity contribution in [2.24, 2.45) is 0 Å². The maximum absolute atomic E-state index is 2.48. The van der Waals surface area contributed by atoms with Gasteiger partial charge in [0, 0.05) is 11.4 Å². The Balaban J connectivity index is 0.000000136. The summed E-state index contributed by atoms with van der Waals surface area (Å²) in [5.74, 6) is 0. The quantitative estimate of drug-likeness (QED) is 0.0852. The van der Waals surface area contributed by atoms with Crippen LogP contribution in [-0.4, -0.2) is 9.13 Å². The van der Waals surface area contributed by atoms with Gasteiger partial charge in [-0.3, -0.25) is 0 Å². The Morgan fingerprint density at radius 3 is 0.704 bits per heavy atom. The molecule has 30 aromatic rings. The van der Waals surface area contributed by atoms with Gasteiger partial charge in [0.2, 0.25) is 0 Å². The summed E-state index contributed by atoms with van der Waals surface area (Å²) in [5, 5.41) is 40.8. The highest BCUT2D eigenvalue weighted by molar-refractivity contribution is 6.37. The Bertz CT molecular complexity index is 10200. The highest BCUT2D eigenvalue weighted by atomic mass is 15.0.